The molecule has 0 unspecified atom stereocenters. The van der Waals surface area contributed by atoms with Crippen molar-refractivity contribution in [1.82, 2.24) is 35.1 Å². The highest BCUT2D eigenvalue weighted by atomic mass is 16.5. The molecule has 6 N–H and O–H groups in total. The first-order chi connectivity index (χ1) is 24.9. The molecule has 0 spiro atoms. The van der Waals surface area contributed by atoms with Crippen molar-refractivity contribution in [2.24, 2.45) is 0 Å². The van der Waals surface area contributed by atoms with Crippen molar-refractivity contribution in [3.63, 3.8) is 0 Å². The number of nitrogens with one attached hydrogen (secondary N) is 4. The van der Waals surface area contributed by atoms with Gasteiger partial charge in [0.25, 0.3) is 0 Å². The lowest BCUT2D eigenvalue weighted by molar-refractivity contribution is 0.0142. The predicted molar refractivity (Wildman–Crippen MR) is 191 cm³/mol. The molecule has 2 aliphatic rings. The quantitative estimate of drug-likeness (QED) is 0.126. The van der Waals surface area contributed by atoms with E-state index in [2.05, 4.69) is 50.5 Å². The number of aromatic nitrogens is 5. The maximum Gasteiger partial charge on any atom is 0.407 e. The van der Waals surface area contributed by atoms with Crippen molar-refractivity contribution in [2.75, 3.05) is 42.3 Å². The zero-order valence-corrected chi connectivity index (χ0v) is 28.0. The minimum atomic E-state index is -1.23. The summed E-state index contributed by atoms with van der Waals surface area (Å²) in [6, 6.07) is 22.1. The highest BCUT2D eigenvalue weighted by Gasteiger charge is 2.44. The van der Waals surface area contributed by atoms with Crippen LogP contribution in [0.5, 0.6) is 0 Å². The van der Waals surface area contributed by atoms with Crippen LogP contribution >= 0.6 is 0 Å². The number of ether oxygens (including phenoxy) is 1. The summed E-state index contributed by atoms with van der Waals surface area (Å²) in [6.07, 6.45) is 2.55. The van der Waals surface area contributed by atoms with Gasteiger partial charge in [0.15, 0.2) is 17.0 Å². The molecule has 4 heterocycles. The van der Waals surface area contributed by atoms with E-state index < -0.39 is 30.4 Å². The maximum atomic E-state index is 12.8. The van der Waals surface area contributed by atoms with Crippen LogP contribution in [0.1, 0.15) is 35.9 Å². The van der Waals surface area contributed by atoms with Crippen molar-refractivity contribution in [2.45, 2.75) is 49.1 Å². The number of alkyl carbamates (subject to hydrolysis) is 1. The van der Waals surface area contributed by atoms with Crippen molar-refractivity contribution in [3.8, 4) is 0 Å². The van der Waals surface area contributed by atoms with E-state index in [0.29, 0.717) is 54.7 Å². The van der Waals surface area contributed by atoms with Gasteiger partial charge in [0.05, 0.1) is 37.4 Å². The van der Waals surface area contributed by atoms with E-state index in [1.807, 2.05) is 41.3 Å². The first kappa shape index (κ1) is 33.7. The summed E-state index contributed by atoms with van der Waals surface area (Å²) >= 11 is 0. The number of aliphatic hydroxyl groups excluding tert-OH is 2. The lowest BCUT2D eigenvalue weighted by Crippen LogP contribution is -2.43. The Morgan fingerprint density at radius 1 is 0.961 bits per heavy atom. The molecule has 2 fully saturated rings. The van der Waals surface area contributed by atoms with Gasteiger partial charge < -0.3 is 45.7 Å². The van der Waals surface area contributed by atoms with Gasteiger partial charge in [-0.3, -0.25) is 4.98 Å². The van der Waals surface area contributed by atoms with E-state index >= 15 is 0 Å². The molecule has 1 saturated carbocycles. The number of benzene rings is 2. The SMILES string of the molecule is COC(=O)N[C@H]1C[C@@H](n2cnc3c(NCC(c4ccccc4)c4ccccc4)nc(N4CC[C@@H](NC(=O)Nc5cccnc5)C4)nc32)[C@H](O)[C@@H]1O. The number of carbonyl (C=O) groups is 2. The summed E-state index contributed by atoms with van der Waals surface area (Å²) in [5.74, 6) is 0.934. The number of hydrogen-bond acceptors (Lipinski definition) is 11. The van der Waals surface area contributed by atoms with Gasteiger partial charge in [-0.1, -0.05) is 60.7 Å². The number of fused-ring (bicyclic) bond motifs is 1. The van der Waals surface area contributed by atoms with Crippen molar-refractivity contribution < 1.29 is 24.5 Å². The molecule has 264 valence electrons. The zero-order chi connectivity index (χ0) is 35.3. The van der Waals surface area contributed by atoms with Crippen LogP contribution in [0.4, 0.5) is 27.0 Å². The molecule has 3 aromatic heterocycles. The molecule has 1 aliphatic carbocycles. The number of anilines is 3. The summed E-state index contributed by atoms with van der Waals surface area (Å²) < 4.78 is 6.46. The smallest absolute Gasteiger partial charge is 0.407 e. The third-order valence-corrected chi connectivity index (χ3v) is 9.51. The monoisotopic (exact) mass is 692 g/mol. The molecule has 15 nitrogen and oxygen atoms in total. The van der Waals surface area contributed by atoms with Crippen LogP contribution in [-0.2, 0) is 4.74 Å². The third-order valence-electron chi connectivity index (χ3n) is 9.51. The minimum absolute atomic E-state index is 0.00130. The van der Waals surface area contributed by atoms with Crippen molar-refractivity contribution in [3.05, 3.63) is 103 Å². The fraction of sp³-hybridized carbons (Fsp3) is 0.333. The summed E-state index contributed by atoms with van der Waals surface area (Å²) in [5, 5.41) is 34.0. The lowest BCUT2D eigenvalue weighted by Gasteiger charge is -2.22. The van der Waals surface area contributed by atoms with Crippen LogP contribution in [0.15, 0.2) is 91.5 Å². The van der Waals surface area contributed by atoms with Crippen LogP contribution in [0.2, 0.25) is 0 Å². The number of nitrogens with zero attached hydrogens (tertiary/aromatic N) is 6. The highest BCUT2D eigenvalue weighted by molar-refractivity contribution is 5.89. The number of imidazole rings is 1. The first-order valence-electron chi connectivity index (χ1n) is 16.9. The topological polar surface area (TPSA) is 192 Å². The number of aliphatic hydroxyl groups is 2. The van der Waals surface area contributed by atoms with Gasteiger partial charge in [0.2, 0.25) is 5.95 Å². The van der Waals surface area contributed by atoms with Gasteiger partial charge in [0.1, 0.15) is 12.2 Å². The Morgan fingerprint density at radius 2 is 1.71 bits per heavy atom. The van der Waals surface area contributed by atoms with Crippen LogP contribution in [-0.4, -0.2) is 97.9 Å². The van der Waals surface area contributed by atoms with Crippen LogP contribution < -0.4 is 26.2 Å². The van der Waals surface area contributed by atoms with Gasteiger partial charge >= 0.3 is 12.1 Å². The summed E-state index contributed by atoms with van der Waals surface area (Å²) in [5.41, 5.74) is 3.82. The molecule has 2 aromatic carbocycles. The van der Waals surface area contributed by atoms with Gasteiger partial charge in [-0.25, -0.2) is 14.6 Å². The normalized spacial score (nSPS) is 21.5. The number of urea groups is 1. The largest absolute Gasteiger partial charge is 0.453 e. The molecule has 3 amide bonds. The minimum Gasteiger partial charge on any atom is -0.453 e. The Hall–Kier alpha value is -5.80. The van der Waals surface area contributed by atoms with Gasteiger partial charge in [-0.15, -0.1) is 0 Å². The molecular weight excluding hydrogens is 652 g/mol. The molecule has 1 aliphatic heterocycles. The molecule has 0 radical (unpaired) electrons. The van der Waals surface area contributed by atoms with Gasteiger partial charge in [-0.05, 0) is 36.1 Å². The van der Waals surface area contributed by atoms with E-state index in [1.165, 1.54) is 7.11 Å². The Kier molecular flexibility index (Phi) is 9.90. The van der Waals surface area contributed by atoms with Gasteiger partial charge in [0, 0.05) is 37.8 Å². The molecule has 51 heavy (non-hydrogen) atoms. The zero-order valence-electron chi connectivity index (χ0n) is 28.0. The number of rotatable bonds is 10. The average Bonchev–Trinajstić information content (AvgIpc) is 3.87. The second-order valence-electron chi connectivity index (χ2n) is 12.7. The Morgan fingerprint density at radius 3 is 2.39 bits per heavy atom. The number of pyridine rings is 1. The van der Waals surface area contributed by atoms with Crippen LogP contribution in [0.3, 0.4) is 0 Å². The second kappa shape index (κ2) is 15.0. The third kappa shape index (κ3) is 7.39. The number of methoxy groups -OCH3 is 1. The summed E-state index contributed by atoms with van der Waals surface area (Å²) in [4.78, 5) is 45.4. The molecule has 0 bridgehead atoms. The number of carbonyl (C=O) groups excluding carboxylic acids is 2. The molecular formula is C36H40N10O5. The van der Waals surface area contributed by atoms with Gasteiger partial charge in [-0.2, -0.15) is 9.97 Å². The number of hydrogen-bond donors (Lipinski definition) is 6. The van der Waals surface area contributed by atoms with E-state index in [-0.39, 0.29) is 24.4 Å². The van der Waals surface area contributed by atoms with Crippen molar-refractivity contribution in [1.29, 1.82) is 0 Å². The van der Waals surface area contributed by atoms with Crippen LogP contribution in [0, 0.1) is 0 Å². The first-order valence-corrected chi connectivity index (χ1v) is 16.9. The van der Waals surface area contributed by atoms with Crippen LogP contribution in [0.25, 0.3) is 11.2 Å². The number of amides is 3. The molecule has 15 heteroatoms. The Balaban J connectivity index is 1.19. The molecule has 1 saturated heterocycles. The summed E-state index contributed by atoms with van der Waals surface area (Å²) in [7, 11) is 1.24. The maximum absolute atomic E-state index is 12.8. The fourth-order valence-electron chi connectivity index (χ4n) is 6.90. The summed E-state index contributed by atoms with van der Waals surface area (Å²) in [6.45, 7) is 1.55. The van der Waals surface area contributed by atoms with Crippen molar-refractivity contribution >= 4 is 40.7 Å². The second-order valence-corrected chi connectivity index (χ2v) is 12.7. The predicted octanol–water partition coefficient (Wildman–Crippen LogP) is 3.26. The van der Waals surface area contributed by atoms with E-state index in [0.717, 1.165) is 11.1 Å². The molecule has 5 aromatic rings. The van der Waals surface area contributed by atoms with E-state index in [4.69, 9.17) is 19.7 Å². The van der Waals surface area contributed by atoms with E-state index in [9.17, 15) is 19.8 Å². The standard InChI is InChI=1S/C36H40N10O5/c1-51-36(50)42-27-17-28(31(48)30(27)47)46-21-39-29-32(38-19-26(22-9-4-2-5-10-22)23-11-6-3-7-12-23)43-34(44-33(29)46)45-16-14-25(20-45)41-35(49)40-24-13-8-15-37-18-24/h2-13,15,18,21,25-28,30-31,47-48H,14,16-17,19-20H2,1H3,(H,42,50)(H,38,43,44)(H2,40,41,49)/t25-,27+,28-,30-,31+/m1/s1. The average molecular weight is 693 g/mol. The fourth-order valence-corrected chi connectivity index (χ4v) is 6.90. The molecule has 7 rings (SSSR count). The van der Waals surface area contributed by atoms with E-state index in [1.54, 1.807) is 35.4 Å². The lowest BCUT2D eigenvalue weighted by atomic mass is 9.91. The molecule has 5 atom stereocenters. The Labute approximate surface area is 294 Å². The Bertz CT molecular complexity index is 1910. The highest BCUT2D eigenvalue weighted by Crippen LogP contribution is 2.35.